The Morgan fingerprint density at radius 2 is 2.04 bits per heavy atom. The molecule has 0 spiro atoms. The van der Waals surface area contributed by atoms with Gasteiger partial charge in [-0.2, -0.15) is 8.78 Å². The molecule has 1 saturated heterocycles. The van der Waals surface area contributed by atoms with Crippen molar-refractivity contribution in [1.29, 1.82) is 0 Å². The number of amides is 1. The largest absolute Gasteiger partial charge is 0.435 e. The molecule has 0 aromatic heterocycles. The average molecular weight is 340 g/mol. The minimum atomic E-state index is -2.82. The molecule has 1 aromatic rings. The van der Waals surface area contributed by atoms with Crippen LogP contribution in [0, 0.1) is 0 Å². The number of likely N-dealkylation sites (N-methyl/N-ethyl adjacent to an activating group) is 1. The van der Waals surface area contributed by atoms with E-state index in [1.165, 1.54) is 12.1 Å². The fourth-order valence-electron chi connectivity index (χ4n) is 3.21. The molecule has 0 saturated carbocycles. The van der Waals surface area contributed by atoms with E-state index in [4.69, 9.17) is 0 Å². The highest BCUT2D eigenvalue weighted by atomic mass is 19.3. The summed E-state index contributed by atoms with van der Waals surface area (Å²) in [6.07, 6.45) is 4.19. The number of benzene rings is 1. The minimum absolute atomic E-state index is 0.0369. The first-order valence-electron chi connectivity index (χ1n) is 8.54. The van der Waals surface area contributed by atoms with E-state index in [0.717, 1.165) is 44.3 Å². The second-order valence-electron chi connectivity index (χ2n) is 6.26. The summed E-state index contributed by atoms with van der Waals surface area (Å²) in [5.41, 5.74) is 0.894. The predicted molar refractivity (Wildman–Crippen MR) is 89.1 cm³/mol. The van der Waals surface area contributed by atoms with Gasteiger partial charge in [-0.25, -0.2) is 0 Å². The maximum Gasteiger partial charge on any atom is 0.387 e. The fraction of sp³-hybridized carbons (Fsp3) is 0.611. The fourth-order valence-corrected chi connectivity index (χ4v) is 3.21. The van der Waals surface area contributed by atoms with Gasteiger partial charge < -0.3 is 9.64 Å². The van der Waals surface area contributed by atoms with E-state index in [2.05, 4.69) is 16.6 Å². The molecule has 134 valence electrons. The van der Waals surface area contributed by atoms with Gasteiger partial charge >= 0.3 is 6.61 Å². The van der Waals surface area contributed by atoms with E-state index >= 15 is 0 Å². The van der Waals surface area contributed by atoms with Gasteiger partial charge in [-0.05, 0) is 50.0 Å². The Hall–Kier alpha value is -1.69. The lowest BCUT2D eigenvalue weighted by atomic mass is 10.0. The molecule has 4 nitrogen and oxygen atoms in total. The molecular formula is C18H26F2N2O2. The van der Waals surface area contributed by atoms with E-state index in [1.54, 1.807) is 24.1 Å². The lowest BCUT2D eigenvalue weighted by molar-refractivity contribution is -0.137. The molecule has 1 aromatic carbocycles. The third kappa shape index (κ3) is 5.16. The van der Waals surface area contributed by atoms with Gasteiger partial charge in [-0.15, -0.1) is 0 Å². The van der Waals surface area contributed by atoms with Crippen LogP contribution in [0.25, 0.3) is 0 Å². The molecule has 1 atom stereocenters. The number of halogens is 2. The van der Waals surface area contributed by atoms with Gasteiger partial charge in [-0.1, -0.05) is 25.5 Å². The maximum absolute atomic E-state index is 12.8. The van der Waals surface area contributed by atoms with Crippen molar-refractivity contribution in [3.05, 3.63) is 29.8 Å². The maximum atomic E-state index is 12.8. The monoisotopic (exact) mass is 340 g/mol. The van der Waals surface area contributed by atoms with Gasteiger partial charge in [0, 0.05) is 13.6 Å². The minimum Gasteiger partial charge on any atom is -0.435 e. The van der Waals surface area contributed by atoms with Crippen molar-refractivity contribution < 1.29 is 18.3 Å². The topological polar surface area (TPSA) is 32.8 Å². The summed E-state index contributed by atoms with van der Waals surface area (Å²) in [6.45, 7) is 1.70. The molecule has 0 bridgehead atoms. The van der Waals surface area contributed by atoms with Crippen LogP contribution in [0.1, 0.15) is 38.2 Å². The zero-order valence-electron chi connectivity index (χ0n) is 14.4. The lowest BCUT2D eigenvalue weighted by Gasteiger charge is -2.36. The number of hydrogen-bond donors (Lipinski definition) is 0. The number of hydrogen-bond acceptors (Lipinski definition) is 3. The van der Waals surface area contributed by atoms with Crippen LogP contribution in [-0.4, -0.2) is 48.5 Å². The van der Waals surface area contributed by atoms with Crippen molar-refractivity contribution in [2.45, 2.75) is 51.8 Å². The predicted octanol–water partition coefficient (Wildman–Crippen LogP) is 3.51. The van der Waals surface area contributed by atoms with Crippen LogP contribution in [0.4, 0.5) is 8.78 Å². The number of nitrogens with zero attached hydrogens (tertiary/aromatic N) is 2. The molecule has 1 fully saturated rings. The normalized spacial score (nSPS) is 18.6. The Morgan fingerprint density at radius 3 is 2.67 bits per heavy atom. The third-order valence-electron chi connectivity index (χ3n) is 4.35. The Labute approximate surface area is 142 Å². The van der Waals surface area contributed by atoms with Crippen molar-refractivity contribution in [2.24, 2.45) is 0 Å². The highest BCUT2D eigenvalue weighted by molar-refractivity contribution is 5.81. The molecule has 6 heteroatoms. The highest BCUT2D eigenvalue weighted by Gasteiger charge is 2.30. The van der Waals surface area contributed by atoms with Gasteiger partial charge in [0.2, 0.25) is 5.91 Å². The van der Waals surface area contributed by atoms with E-state index < -0.39 is 6.61 Å². The first kappa shape index (κ1) is 18.6. The van der Waals surface area contributed by atoms with Gasteiger partial charge in [-0.3, -0.25) is 9.69 Å². The van der Waals surface area contributed by atoms with E-state index in [0.29, 0.717) is 6.54 Å². The summed E-state index contributed by atoms with van der Waals surface area (Å²) < 4.78 is 28.7. The molecule has 2 rings (SSSR count). The number of likely N-dealkylation sites (tertiary alicyclic amines) is 1. The smallest absolute Gasteiger partial charge is 0.387 e. The van der Waals surface area contributed by atoms with Crippen LogP contribution in [-0.2, 0) is 11.3 Å². The summed E-state index contributed by atoms with van der Waals surface area (Å²) in [4.78, 5) is 16.8. The van der Waals surface area contributed by atoms with Crippen LogP contribution in [0.3, 0.4) is 0 Å². The van der Waals surface area contributed by atoms with E-state index in [1.807, 2.05) is 0 Å². The molecular weight excluding hydrogens is 314 g/mol. The highest BCUT2D eigenvalue weighted by Crippen LogP contribution is 2.20. The Morgan fingerprint density at radius 1 is 1.33 bits per heavy atom. The Bertz CT molecular complexity index is 520. The van der Waals surface area contributed by atoms with E-state index in [-0.39, 0.29) is 17.7 Å². The number of piperidine rings is 1. The summed E-state index contributed by atoms with van der Waals surface area (Å²) in [7, 11) is 1.80. The van der Waals surface area contributed by atoms with Gasteiger partial charge in [0.15, 0.2) is 0 Å². The van der Waals surface area contributed by atoms with Crippen molar-refractivity contribution >= 4 is 5.91 Å². The van der Waals surface area contributed by atoms with E-state index in [9.17, 15) is 13.6 Å². The van der Waals surface area contributed by atoms with Crippen molar-refractivity contribution in [3.63, 3.8) is 0 Å². The Balaban J connectivity index is 1.95. The van der Waals surface area contributed by atoms with Crippen LogP contribution in [0.2, 0.25) is 0 Å². The number of ether oxygens (including phenoxy) is 1. The van der Waals surface area contributed by atoms with Crippen LogP contribution >= 0.6 is 0 Å². The summed E-state index contributed by atoms with van der Waals surface area (Å²) in [6, 6.07) is 6.40. The second-order valence-corrected chi connectivity index (χ2v) is 6.26. The quantitative estimate of drug-likeness (QED) is 0.761. The molecule has 1 aliphatic rings. The standard InChI is InChI=1S/C18H26F2N2O2/c1-3-11-22-12-5-4-6-16(22)17(23)21(2)13-14-7-9-15(10-8-14)24-18(19)20/h7-10,16,18H,3-6,11-13H2,1-2H3. The van der Waals surface area contributed by atoms with Gasteiger partial charge in [0.05, 0.1) is 6.04 Å². The zero-order chi connectivity index (χ0) is 17.5. The SMILES string of the molecule is CCCN1CCCCC1C(=O)N(C)Cc1ccc(OC(F)F)cc1. The second kappa shape index (κ2) is 8.97. The zero-order valence-corrected chi connectivity index (χ0v) is 14.4. The molecule has 1 heterocycles. The number of carbonyl (C=O) groups is 1. The van der Waals surface area contributed by atoms with Crippen molar-refractivity contribution in [3.8, 4) is 5.75 Å². The molecule has 1 unspecified atom stereocenters. The molecule has 0 N–H and O–H groups in total. The van der Waals surface area contributed by atoms with Crippen molar-refractivity contribution in [2.75, 3.05) is 20.1 Å². The first-order valence-corrected chi connectivity index (χ1v) is 8.54. The van der Waals surface area contributed by atoms with Crippen LogP contribution in [0.5, 0.6) is 5.75 Å². The summed E-state index contributed by atoms with van der Waals surface area (Å²) >= 11 is 0. The summed E-state index contributed by atoms with van der Waals surface area (Å²) in [5, 5.41) is 0. The molecule has 0 radical (unpaired) electrons. The molecule has 1 amide bonds. The first-order chi connectivity index (χ1) is 11.5. The molecule has 0 aliphatic carbocycles. The van der Waals surface area contributed by atoms with Gasteiger partial charge in [0.1, 0.15) is 5.75 Å². The summed E-state index contributed by atoms with van der Waals surface area (Å²) in [5.74, 6) is 0.264. The molecule has 24 heavy (non-hydrogen) atoms. The average Bonchev–Trinajstić information content (AvgIpc) is 2.56. The third-order valence-corrected chi connectivity index (χ3v) is 4.35. The Kier molecular flexibility index (Phi) is 6.97. The number of carbonyl (C=O) groups excluding carboxylic acids is 1. The van der Waals surface area contributed by atoms with Crippen LogP contribution < -0.4 is 4.74 Å². The van der Waals surface area contributed by atoms with Crippen LogP contribution in [0.15, 0.2) is 24.3 Å². The lowest BCUT2D eigenvalue weighted by Crippen LogP contribution is -2.49. The van der Waals surface area contributed by atoms with Gasteiger partial charge in [0.25, 0.3) is 0 Å². The molecule has 1 aliphatic heterocycles. The van der Waals surface area contributed by atoms with Crippen molar-refractivity contribution in [1.82, 2.24) is 9.80 Å². The number of alkyl halides is 2. The number of rotatable bonds is 7.